The Hall–Kier alpha value is -1.26. The molecule has 0 aromatic heterocycles. The molecule has 1 aliphatic rings. The lowest BCUT2D eigenvalue weighted by atomic mass is 10.1. The van der Waals surface area contributed by atoms with E-state index in [0.717, 1.165) is 18.0 Å². The van der Waals surface area contributed by atoms with Crippen LogP contribution in [-0.2, 0) is 6.54 Å². The van der Waals surface area contributed by atoms with Gasteiger partial charge in [0.25, 0.3) is 0 Å². The fraction of sp³-hybridized carbons (Fsp3) is 0.600. The monoisotopic (exact) mass is 264 g/mol. The molecule has 0 radical (unpaired) electrons. The molecule has 1 N–H and O–H groups in total. The molecule has 4 nitrogen and oxygen atoms in total. The third-order valence-electron chi connectivity index (χ3n) is 3.72. The zero-order valence-electron chi connectivity index (χ0n) is 12.1. The molecule has 1 aromatic carbocycles. The Morgan fingerprint density at radius 1 is 1.11 bits per heavy atom. The number of rotatable bonds is 5. The lowest BCUT2D eigenvalue weighted by Gasteiger charge is -2.29. The zero-order chi connectivity index (χ0) is 13.7. The van der Waals surface area contributed by atoms with Gasteiger partial charge in [-0.05, 0) is 50.7 Å². The van der Waals surface area contributed by atoms with Gasteiger partial charge in [-0.15, -0.1) is 0 Å². The van der Waals surface area contributed by atoms with Gasteiger partial charge >= 0.3 is 0 Å². The maximum absolute atomic E-state index is 5.29. The summed E-state index contributed by atoms with van der Waals surface area (Å²) in [5.74, 6) is 1.69. The summed E-state index contributed by atoms with van der Waals surface area (Å²) >= 11 is 0. The molecule has 106 valence electrons. The molecular formula is C15H24N2O2. The van der Waals surface area contributed by atoms with Crippen LogP contribution in [0.3, 0.4) is 0 Å². The van der Waals surface area contributed by atoms with Crippen molar-refractivity contribution in [2.45, 2.75) is 25.4 Å². The van der Waals surface area contributed by atoms with Gasteiger partial charge in [-0.25, -0.2) is 0 Å². The van der Waals surface area contributed by atoms with Crippen LogP contribution in [0.2, 0.25) is 0 Å². The third kappa shape index (κ3) is 4.11. The minimum absolute atomic E-state index is 0.619. The number of ether oxygens (including phenoxy) is 2. The molecule has 0 saturated carbocycles. The summed E-state index contributed by atoms with van der Waals surface area (Å²) in [4.78, 5) is 2.38. The van der Waals surface area contributed by atoms with Gasteiger partial charge in [-0.1, -0.05) is 0 Å². The van der Waals surface area contributed by atoms with Crippen molar-refractivity contribution in [1.29, 1.82) is 0 Å². The Morgan fingerprint density at radius 3 is 2.21 bits per heavy atom. The quantitative estimate of drug-likeness (QED) is 0.880. The van der Waals surface area contributed by atoms with Crippen molar-refractivity contribution in [3.05, 3.63) is 23.8 Å². The van der Waals surface area contributed by atoms with Crippen molar-refractivity contribution >= 4 is 0 Å². The lowest BCUT2D eigenvalue weighted by Crippen LogP contribution is -2.40. The minimum atomic E-state index is 0.619. The Kier molecular flexibility index (Phi) is 5.05. The number of hydrogen-bond acceptors (Lipinski definition) is 4. The number of nitrogens with one attached hydrogen (secondary N) is 1. The first-order valence-corrected chi connectivity index (χ1v) is 6.85. The molecule has 0 amide bonds. The molecule has 4 heteroatoms. The molecule has 1 aromatic rings. The van der Waals surface area contributed by atoms with E-state index in [-0.39, 0.29) is 0 Å². The van der Waals surface area contributed by atoms with Crippen molar-refractivity contribution < 1.29 is 9.47 Å². The number of hydrogen-bond donors (Lipinski definition) is 1. The second-order valence-electron chi connectivity index (χ2n) is 5.18. The highest BCUT2D eigenvalue weighted by molar-refractivity contribution is 5.38. The predicted molar refractivity (Wildman–Crippen MR) is 76.9 cm³/mol. The Bertz CT molecular complexity index is 379. The van der Waals surface area contributed by atoms with Crippen LogP contribution in [0.4, 0.5) is 0 Å². The molecule has 0 bridgehead atoms. The van der Waals surface area contributed by atoms with Crippen LogP contribution < -0.4 is 14.8 Å². The van der Waals surface area contributed by atoms with Crippen LogP contribution in [-0.4, -0.2) is 45.3 Å². The molecule has 0 spiro atoms. The summed E-state index contributed by atoms with van der Waals surface area (Å²) in [6.45, 7) is 3.22. The van der Waals surface area contributed by atoms with Crippen molar-refractivity contribution in [3.8, 4) is 11.5 Å². The molecule has 1 saturated heterocycles. The van der Waals surface area contributed by atoms with Crippen molar-refractivity contribution in [2.24, 2.45) is 0 Å². The van der Waals surface area contributed by atoms with Gasteiger partial charge in [0, 0.05) is 18.7 Å². The molecule has 0 atom stereocenters. The van der Waals surface area contributed by atoms with Crippen molar-refractivity contribution in [2.75, 3.05) is 34.4 Å². The largest absolute Gasteiger partial charge is 0.497 e. The fourth-order valence-corrected chi connectivity index (χ4v) is 2.44. The van der Waals surface area contributed by atoms with Crippen LogP contribution in [0.1, 0.15) is 18.4 Å². The van der Waals surface area contributed by atoms with E-state index in [1.807, 2.05) is 6.07 Å². The number of methoxy groups -OCH3 is 2. The summed E-state index contributed by atoms with van der Waals surface area (Å²) in [5.41, 5.74) is 1.20. The number of piperidine rings is 1. The summed E-state index contributed by atoms with van der Waals surface area (Å²) in [6.07, 6.45) is 2.44. The second kappa shape index (κ2) is 6.78. The smallest absolute Gasteiger partial charge is 0.122 e. The van der Waals surface area contributed by atoms with E-state index in [1.54, 1.807) is 14.2 Å². The Balaban J connectivity index is 1.91. The molecule has 19 heavy (non-hydrogen) atoms. The first-order valence-electron chi connectivity index (χ1n) is 6.85. The number of benzene rings is 1. The van der Waals surface area contributed by atoms with E-state index in [0.29, 0.717) is 6.04 Å². The summed E-state index contributed by atoms with van der Waals surface area (Å²) in [5, 5.41) is 3.62. The molecule has 0 aliphatic carbocycles. The van der Waals surface area contributed by atoms with Gasteiger partial charge in [-0.2, -0.15) is 0 Å². The Labute approximate surface area is 115 Å². The molecule has 1 fully saturated rings. The first kappa shape index (κ1) is 14.2. The van der Waals surface area contributed by atoms with E-state index in [4.69, 9.17) is 9.47 Å². The van der Waals surface area contributed by atoms with E-state index in [1.165, 1.54) is 31.5 Å². The second-order valence-corrected chi connectivity index (χ2v) is 5.18. The van der Waals surface area contributed by atoms with E-state index in [9.17, 15) is 0 Å². The SMILES string of the molecule is COc1cc(CNC2CCN(C)CC2)cc(OC)c1. The summed E-state index contributed by atoms with van der Waals surface area (Å²) in [7, 11) is 5.55. The van der Waals surface area contributed by atoms with Crippen LogP contribution in [0.25, 0.3) is 0 Å². The fourth-order valence-electron chi connectivity index (χ4n) is 2.44. The van der Waals surface area contributed by atoms with Gasteiger partial charge in [0.2, 0.25) is 0 Å². The normalized spacial score (nSPS) is 17.4. The maximum atomic E-state index is 5.29. The molecule has 0 unspecified atom stereocenters. The Morgan fingerprint density at radius 2 is 1.68 bits per heavy atom. The van der Waals surface area contributed by atoms with E-state index < -0.39 is 0 Å². The summed E-state index contributed by atoms with van der Waals surface area (Å²) < 4.78 is 10.6. The molecular weight excluding hydrogens is 240 g/mol. The molecule has 2 rings (SSSR count). The number of nitrogens with zero attached hydrogens (tertiary/aromatic N) is 1. The van der Waals surface area contributed by atoms with E-state index >= 15 is 0 Å². The topological polar surface area (TPSA) is 33.7 Å². The highest BCUT2D eigenvalue weighted by Crippen LogP contribution is 2.22. The van der Waals surface area contributed by atoms with Gasteiger partial charge in [0.05, 0.1) is 14.2 Å². The van der Waals surface area contributed by atoms with Crippen molar-refractivity contribution in [3.63, 3.8) is 0 Å². The van der Waals surface area contributed by atoms with Gasteiger partial charge in [-0.3, -0.25) is 0 Å². The average molecular weight is 264 g/mol. The number of likely N-dealkylation sites (tertiary alicyclic amines) is 1. The van der Waals surface area contributed by atoms with Gasteiger partial charge in [0.15, 0.2) is 0 Å². The van der Waals surface area contributed by atoms with Gasteiger partial charge in [0.1, 0.15) is 11.5 Å². The van der Waals surface area contributed by atoms with Crippen LogP contribution in [0, 0.1) is 0 Å². The average Bonchev–Trinajstić information content (AvgIpc) is 2.46. The predicted octanol–water partition coefficient (Wildman–Crippen LogP) is 1.89. The van der Waals surface area contributed by atoms with Gasteiger partial charge < -0.3 is 19.7 Å². The van der Waals surface area contributed by atoms with Crippen LogP contribution >= 0.6 is 0 Å². The van der Waals surface area contributed by atoms with Crippen LogP contribution in [0.5, 0.6) is 11.5 Å². The minimum Gasteiger partial charge on any atom is -0.497 e. The van der Waals surface area contributed by atoms with Crippen molar-refractivity contribution in [1.82, 2.24) is 10.2 Å². The highest BCUT2D eigenvalue weighted by atomic mass is 16.5. The maximum Gasteiger partial charge on any atom is 0.122 e. The standard InChI is InChI=1S/C15H24N2O2/c1-17-6-4-13(5-7-17)16-11-12-8-14(18-2)10-15(9-12)19-3/h8-10,13,16H,4-7,11H2,1-3H3. The van der Waals surface area contributed by atoms with E-state index in [2.05, 4.69) is 29.4 Å². The van der Waals surface area contributed by atoms with Crippen LogP contribution in [0.15, 0.2) is 18.2 Å². The molecule has 1 heterocycles. The zero-order valence-corrected chi connectivity index (χ0v) is 12.1. The molecule has 1 aliphatic heterocycles. The summed E-state index contributed by atoms with van der Waals surface area (Å²) in [6, 6.07) is 6.64. The lowest BCUT2D eigenvalue weighted by molar-refractivity contribution is 0.234. The highest BCUT2D eigenvalue weighted by Gasteiger charge is 2.15. The first-order chi connectivity index (χ1) is 9.21. The third-order valence-corrected chi connectivity index (χ3v) is 3.72.